The Bertz CT molecular complexity index is 1760. The van der Waals surface area contributed by atoms with Crippen LogP contribution in [0, 0.1) is 0 Å². The number of rotatable bonds is 2. The zero-order valence-electron chi connectivity index (χ0n) is 19.2. The first-order valence-electron chi connectivity index (χ1n) is 11.3. The van der Waals surface area contributed by atoms with Crippen molar-refractivity contribution in [3.05, 3.63) is 97.8 Å². The van der Waals surface area contributed by atoms with Gasteiger partial charge in [-0.2, -0.15) is 0 Å². The maximum atomic E-state index is 13.5. The summed E-state index contributed by atoms with van der Waals surface area (Å²) in [7, 11) is 3.14. The molecule has 35 heavy (non-hydrogen) atoms. The minimum absolute atomic E-state index is 0.0957. The van der Waals surface area contributed by atoms with Crippen LogP contribution in [-0.2, 0) is 25.4 Å². The molecule has 3 aromatic carbocycles. The lowest BCUT2D eigenvalue weighted by Crippen LogP contribution is -2.37. The van der Waals surface area contributed by atoms with Crippen molar-refractivity contribution in [3.8, 4) is 17.0 Å². The first-order chi connectivity index (χ1) is 16.9. The summed E-state index contributed by atoms with van der Waals surface area (Å²) in [6, 6.07) is 18.6. The zero-order chi connectivity index (χ0) is 24.4. The van der Waals surface area contributed by atoms with Gasteiger partial charge < -0.3 is 14.4 Å². The number of nitrogens with zero attached hydrogens (tertiary/aromatic N) is 3. The highest BCUT2D eigenvalue weighted by molar-refractivity contribution is 6.30. The van der Waals surface area contributed by atoms with E-state index in [1.165, 1.54) is 11.6 Å². The molecule has 0 saturated heterocycles. The quantitative estimate of drug-likeness (QED) is 0.402. The molecule has 0 radical (unpaired) electrons. The van der Waals surface area contributed by atoms with E-state index in [0.29, 0.717) is 46.0 Å². The number of fused-ring (bicyclic) bond motifs is 4. The second-order valence-corrected chi connectivity index (χ2v) is 9.23. The van der Waals surface area contributed by atoms with Gasteiger partial charge in [-0.05, 0) is 34.5 Å². The van der Waals surface area contributed by atoms with E-state index in [9.17, 15) is 14.7 Å². The summed E-state index contributed by atoms with van der Waals surface area (Å²) in [5.74, 6) is 0.0957. The molecule has 2 aromatic heterocycles. The van der Waals surface area contributed by atoms with Crippen LogP contribution >= 0.6 is 11.6 Å². The maximum Gasteiger partial charge on any atom is 0.331 e. The monoisotopic (exact) mass is 487 g/mol. The molecule has 5 aromatic rings. The number of halogens is 1. The van der Waals surface area contributed by atoms with Crippen molar-refractivity contribution in [1.82, 2.24) is 13.7 Å². The third-order valence-electron chi connectivity index (χ3n) is 6.88. The highest BCUT2D eigenvalue weighted by Gasteiger charge is 2.35. The maximum absolute atomic E-state index is 13.5. The number of benzene rings is 3. The van der Waals surface area contributed by atoms with E-state index in [2.05, 4.69) is 0 Å². The van der Waals surface area contributed by atoms with Crippen LogP contribution in [0.25, 0.3) is 32.9 Å². The Morgan fingerprint density at radius 1 is 0.971 bits per heavy atom. The second-order valence-electron chi connectivity index (χ2n) is 8.79. The minimum Gasteiger partial charge on any atom is -0.508 e. The molecule has 0 fully saturated rings. The van der Waals surface area contributed by atoms with Crippen LogP contribution < -0.4 is 11.2 Å². The number of aromatic hydroxyl groups is 1. The third-order valence-corrected chi connectivity index (χ3v) is 7.13. The lowest BCUT2D eigenvalue weighted by Gasteiger charge is -2.29. The predicted octanol–water partition coefficient (Wildman–Crippen LogP) is 4.34. The van der Waals surface area contributed by atoms with Gasteiger partial charge in [0.25, 0.3) is 5.56 Å². The molecule has 8 heteroatoms. The van der Waals surface area contributed by atoms with E-state index in [0.717, 1.165) is 20.9 Å². The van der Waals surface area contributed by atoms with Crippen molar-refractivity contribution in [2.45, 2.75) is 12.6 Å². The number of hydrogen-bond acceptors (Lipinski definition) is 4. The minimum atomic E-state index is -0.684. The van der Waals surface area contributed by atoms with Crippen molar-refractivity contribution in [1.29, 1.82) is 0 Å². The molecule has 3 heterocycles. The van der Waals surface area contributed by atoms with Gasteiger partial charge in [-0.3, -0.25) is 13.9 Å². The molecule has 0 bridgehead atoms. The first kappa shape index (κ1) is 21.7. The molecule has 1 aliphatic rings. The number of hydrogen-bond donors (Lipinski definition) is 1. The van der Waals surface area contributed by atoms with Gasteiger partial charge in [0.2, 0.25) is 0 Å². The summed E-state index contributed by atoms with van der Waals surface area (Å²) < 4.78 is 11.0. The Morgan fingerprint density at radius 3 is 2.49 bits per heavy atom. The molecule has 0 spiro atoms. The van der Waals surface area contributed by atoms with E-state index in [-0.39, 0.29) is 11.3 Å². The number of ether oxygens (including phenoxy) is 1. The van der Waals surface area contributed by atoms with Gasteiger partial charge in [0, 0.05) is 31.2 Å². The second kappa shape index (κ2) is 7.86. The summed E-state index contributed by atoms with van der Waals surface area (Å²) in [4.78, 5) is 26.5. The molecular weight excluding hydrogens is 466 g/mol. The fourth-order valence-electron chi connectivity index (χ4n) is 5.27. The molecule has 0 amide bonds. The highest BCUT2D eigenvalue weighted by Crippen LogP contribution is 2.44. The summed E-state index contributed by atoms with van der Waals surface area (Å²) in [6.07, 6.45) is -0.684. The van der Waals surface area contributed by atoms with E-state index in [1.54, 1.807) is 25.2 Å². The van der Waals surface area contributed by atoms with Gasteiger partial charge in [0.15, 0.2) is 0 Å². The molecule has 6 rings (SSSR count). The largest absolute Gasteiger partial charge is 0.508 e. The van der Waals surface area contributed by atoms with E-state index in [1.807, 2.05) is 47.0 Å². The molecule has 1 atom stereocenters. The normalized spacial score (nSPS) is 15.6. The SMILES string of the molecule is Cn1c(=O)c2c(-c3ccc(Cl)cc3)n3c(c2n(C)c1=O)[C@@H](c1c(O)ccc2ccccc12)OCC3. The van der Waals surface area contributed by atoms with Gasteiger partial charge in [-0.25, -0.2) is 4.79 Å². The van der Waals surface area contributed by atoms with Crippen LogP contribution in [0.1, 0.15) is 17.4 Å². The Kier molecular flexibility index (Phi) is 4.88. The highest BCUT2D eigenvalue weighted by atomic mass is 35.5. The van der Waals surface area contributed by atoms with Gasteiger partial charge >= 0.3 is 5.69 Å². The Labute approximate surface area is 205 Å². The zero-order valence-corrected chi connectivity index (χ0v) is 19.9. The predicted molar refractivity (Wildman–Crippen MR) is 136 cm³/mol. The molecule has 1 N–H and O–H groups in total. The van der Waals surface area contributed by atoms with Crippen LogP contribution in [0.5, 0.6) is 5.75 Å². The van der Waals surface area contributed by atoms with Gasteiger partial charge in [0.1, 0.15) is 11.9 Å². The van der Waals surface area contributed by atoms with Gasteiger partial charge in [-0.15, -0.1) is 0 Å². The average Bonchev–Trinajstić information content (AvgIpc) is 3.22. The summed E-state index contributed by atoms with van der Waals surface area (Å²) in [5.41, 5.74) is 2.49. The van der Waals surface area contributed by atoms with Crippen molar-refractivity contribution >= 4 is 33.3 Å². The Hall–Kier alpha value is -3.81. The van der Waals surface area contributed by atoms with Crippen LogP contribution in [-0.4, -0.2) is 25.4 Å². The van der Waals surface area contributed by atoms with Crippen molar-refractivity contribution < 1.29 is 9.84 Å². The van der Waals surface area contributed by atoms with Crippen LogP contribution in [0.4, 0.5) is 0 Å². The molecular formula is C27H22ClN3O4. The summed E-state index contributed by atoms with van der Waals surface area (Å²) >= 11 is 6.15. The molecule has 1 aliphatic heterocycles. The molecule has 0 saturated carbocycles. The topological polar surface area (TPSA) is 78.4 Å². The van der Waals surface area contributed by atoms with E-state index >= 15 is 0 Å². The lowest BCUT2D eigenvalue weighted by molar-refractivity contribution is 0.0474. The van der Waals surface area contributed by atoms with Crippen molar-refractivity contribution in [2.75, 3.05) is 6.61 Å². The number of phenols is 1. The van der Waals surface area contributed by atoms with E-state index in [4.69, 9.17) is 16.3 Å². The number of aromatic nitrogens is 3. The third kappa shape index (κ3) is 3.08. The Morgan fingerprint density at radius 2 is 1.71 bits per heavy atom. The molecule has 176 valence electrons. The van der Waals surface area contributed by atoms with Crippen LogP contribution in [0.15, 0.2) is 70.3 Å². The van der Waals surface area contributed by atoms with Crippen molar-refractivity contribution in [3.63, 3.8) is 0 Å². The average molecular weight is 488 g/mol. The fraction of sp³-hybridized carbons (Fsp3) is 0.185. The van der Waals surface area contributed by atoms with Gasteiger partial charge in [-0.1, -0.05) is 54.1 Å². The fourth-order valence-corrected chi connectivity index (χ4v) is 5.39. The first-order valence-corrected chi connectivity index (χ1v) is 11.7. The van der Waals surface area contributed by atoms with Crippen molar-refractivity contribution in [2.24, 2.45) is 14.1 Å². The molecule has 7 nitrogen and oxygen atoms in total. The summed E-state index contributed by atoms with van der Waals surface area (Å²) in [5, 5.41) is 13.8. The van der Waals surface area contributed by atoms with Crippen LogP contribution in [0.2, 0.25) is 5.02 Å². The van der Waals surface area contributed by atoms with E-state index < -0.39 is 11.8 Å². The standard InChI is InChI=1S/C27H22ClN3O4/c1-29-23-21(26(33)30(2)27(29)34)22(16-7-10-17(28)11-8-16)31-13-14-35-25(24(23)31)20-18-6-4-3-5-15(18)9-12-19(20)32/h3-12,25,32H,13-14H2,1-2H3/t25-/m1/s1. The van der Waals surface area contributed by atoms with Gasteiger partial charge in [0.05, 0.1) is 28.9 Å². The number of aryl methyl sites for hydroxylation is 1. The summed E-state index contributed by atoms with van der Waals surface area (Å²) in [6.45, 7) is 0.859. The Balaban J connectivity index is 1.79. The van der Waals surface area contributed by atoms with Crippen LogP contribution in [0.3, 0.4) is 0 Å². The molecule has 0 aliphatic carbocycles. The number of phenolic OH excluding ortho intramolecular Hbond substituents is 1. The smallest absolute Gasteiger partial charge is 0.331 e. The molecule has 0 unspecified atom stereocenters. The lowest BCUT2D eigenvalue weighted by atomic mass is 9.96.